The molecule has 0 unspecified atom stereocenters. The first kappa shape index (κ1) is 23.4. The number of nitrogens with one attached hydrogen (secondary N) is 1. The minimum Gasteiger partial charge on any atom is -0.494 e. The zero-order valence-electron chi connectivity index (χ0n) is 18.8. The normalized spacial score (nSPS) is 14.6. The number of hydrogen-bond donors (Lipinski definition) is 1. The van der Waals surface area contributed by atoms with Crippen LogP contribution in [0.1, 0.15) is 49.4 Å². The van der Waals surface area contributed by atoms with Crippen molar-refractivity contribution >= 4 is 17.7 Å². The van der Waals surface area contributed by atoms with E-state index in [0.29, 0.717) is 41.8 Å². The van der Waals surface area contributed by atoms with Crippen LogP contribution >= 0.6 is 11.8 Å². The number of nitrogens with zero attached hydrogens (tertiary/aromatic N) is 2. The first-order valence-corrected chi connectivity index (χ1v) is 12.4. The number of likely N-dealkylation sites (tertiary alicyclic amines) is 1. The number of amides is 1. The summed E-state index contributed by atoms with van der Waals surface area (Å²) >= 11 is 1.41. The number of carbonyl (C=O) groups excluding carboxylic acids is 1. The van der Waals surface area contributed by atoms with Crippen LogP contribution in [0.2, 0.25) is 0 Å². The smallest absolute Gasteiger partial charge is 0.254 e. The maximum Gasteiger partial charge on any atom is 0.254 e. The molecule has 0 radical (unpaired) electrons. The predicted molar refractivity (Wildman–Crippen MR) is 125 cm³/mol. The molecule has 2 aromatic rings. The predicted octanol–water partition coefficient (Wildman–Crippen LogP) is 4.00. The zero-order chi connectivity index (χ0) is 22.2. The van der Waals surface area contributed by atoms with Crippen molar-refractivity contribution in [1.29, 1.82) is 0 Å². The molecule has 1 aliphatic heterocycles. The molecule has 31 heavy (non-hydrogen) atoms. The molecule has 1 aromatic carbocycles. The van der Waals surface area contributed by atoms with Gasteiger partial charge in [0.15, 0.2) is 5.16 Å². The lowest BCUT2D eigenvalue weighted by Gasteiger charge is -2.32. The van der Waals surface area contributed by atoms with Crippen molar-refractivity contribution in [3.8, 4) is 5.75 Å². The maximum absolute atomic E-state index is 12.7. The Balaban J connectivity index is 1.42. The lowest BCUT2D eigenvalue weighted by Crippen LogP contribution is -2.38. The number of carbonyl (C=O) groups is 1. The van der Waals surface area contributed by atoms with Gasteiger partial charge in [0.05, 0.1) is 6.61 Å². The third-order valence-electron chi connectivity index (χ3n) is 6.03. The fraction of sp³-hybridized carbons (Fsp3) is 0.542. The number of piperidine rings is 1. The summed E-state index contributed by atoms with van der Waals surface area (Å²) < 4.78 is 5.50. The third kappa shape index (κ3) is 6.60. The molecule has 1 aromatic heterocycles. The first-order valence-electron chi connectivity index (χ1n) is 11.1. The van der Waals surface area contributed by atoms with Gasteiger partial charge in [-0.05, 0) is 75.8 Å². The van der Waals surface area contributed by atoms with Crippen LogP contribution in [0.3, 0.4) is 0 Å². The Kier molecular flexibility index (Phi) is 8.58. The molecule has 3 rings (SSSR count). The Morgan fingerprint density at radius 2 is 1.94 bits per heavy atom. The van der Waals surface area contributed by atoms with E-state index in [0.717, 1.165) is 44.5 Å². The lowest BCUT2D eigenvalue weighted by atomic mass is 9.90. The van der Waals surface area contributed by atoms with Crippen molar-refractivity contribution in [3.63, 3.8) is 0 Å². The van der Waals surface area contributed by atoms with Crippen LogP contribution in [0, 0.1) is 12.8 Å². The highest BCUT2D eigenvalue weighted by atomic mass is 32.2. The Morgan fingerprint density at radius 3 is 2.55 bits per heavy atom. The highest BCUT2D eigenvalue weighted by Gasteiger charge is 2.23. The number of aromatic nitrogens is 2. The van der Waals surface area contributed by atoms with Gasteiger partial charge in [0.2, 0.25) is 5.91 Å². The molecule has 0 bridgehead atoms. The molecule has 1 saturated heterocycles. The summed E-state index contributed by atoms with van der Waals surface area (Å²) in [6, 6.07) is 8.37. The summed E-state index contributed by atoms with van der Waals surface area (Å²) in [5.41, 5.74) is 2.55. The second-order valence-electron chi connectivity index (χ2n) is 8.08. The topological polar surface area (TPSA) is 75.3 Å². The van der Waals surface area contributed by atoms with Crippen molar-refractivity contribution in [2.45, 2.75) is 57.5 Å². The molecule has 2 heterocycles. The van der Waals surface area contributed by atoms with E-state index in [1.165, 1.54) is 17.3 Å². The van der Waals surface area contributed by atoms with E-state index in [-0.39, 0.29) is 11.5 Å². The van der Waals surface area contributed by atoms with E-state index < -0.39 is 0 Å². The summed E-state index contributed by atoms with van der Waals surface area (Å²) in [5, 5.41) is 0.616. The number of thioether (sulfide) groups is 1. The fourth-order valence-corrected chi connectivity index (χ4v) is 4.55. The summed E-state index contributed by atoms with van der Waals surface area (Å²) in [6.45, 7) is 6.14. The average molecular weight is 444 g/mol. The number of rotatable bonds is 9. The molecule has 0 atom stereocenters. The number of ether oxygens (including phenoxy) is 1. The van der Waals surface area contributed by atoms with Crippen molar-refractivity contribution < 1.29 is 9.53 Å². The van der Waals surface area contributed by atoms with E-state index in [2.05, 4.69) is 22.1 Å². The molecular formula is C24H33N3O3S. The monoisotopic (exact) mass is 443 g/mol. The van der Waals surface area contributed by atoms with Crippen LogP contribution in [-0.2, 0) is 17.6 Å². The first-order chi connectivity index (χ1) is 15.0. The molecule has 0 saturated carbocycles. The molecule has 7 heteroatoms. The van der Waals surface area contributed by atoms with Crippen LogP contribution in [0.15, 0.2) is 34.2 Å². The summed E-state index contributed by atoms with van der Waals surface area (Å²) in [4.78, 5) is 34.0. The van der Waals surface area contributed by atoms with Crippen LogP contribution in [0.5, 0.6) is 5.75 Å². The van der Waals surface area contributed by atoms with E-state index in [1.807, 2.05) is 37.1 Å². The Labute approximate surface area is 188 Å². The number of H-pyrrole nitrogens is 1. The minimum absolute atomic E-state index is 0.127. The standard InChI is InChI=1S/C24H33N3O3S/c1-4-30-20-9-7-18(8-10-20)5-6-19-13-15-27(16-14-19)22(28)12-11-21-17(2)25-24(31-3)26-23(21)29/h7-10,19H,4-6,11-16H2,1-3H3,(H,25,26,29). The largest absolute Gasteiger partial charge is 0.494 e. The van der Waals surface area contributed by atoms with Gasteiger partial charge in [-0.2, -0.15) is 0 Å². The number of aryl methyl sites for hydroxylation is 2. The third-order valence-corrected chi connectivity index (χ3v) is 6.61. The van der Waals surface area contributed by atoms with Crippen LogP contribution in [0.4, 0.5) is 0 Å². The molecule has 1 fully saturated rings. The lowest BCUT2D eigenvalue weighted by molar-refractivity contribution is -0.132. The fourth-order valence-electron chi connectivity index (χ4n) is 4.13. The Bertz CT molecular complexity index is 919. The molecule has 6 nitrogen and oxygen atoms in total. The molecule has 1 N–H and O–H groups in total. The van der Waals surface area contributed by atoms with Gasteiger partial charge in [0.1, 0.15) is 5.75 Å². The van der Waals surface area contributed by atoms with Gasteiger partial charge in [-0.3, -0.25) is 9.59 Å². The van der Waals surface area contributed by atoms with Gasteiger partial charge in [-0.1, -0.05) is 23.9 Å². The van der Waals surface area contributed by atoms with Gasteiger partial charge >= 0.3 is 0 Å². The van der Waals surface area contributed by atoms with E-state index in [4.69, 9.17) is 4.74 Å². The van der Waals surface area contributed by atoms with Gasteiger partial charge in [-0.15, -0.1) is 0 Å². The van der Waals surface area contributed by atoms with Crippen molar-refractivity contribution in [1.82, 2.24) is 14.9 Å². The molecule has 1 amide bonds. The molecule has 1 aliphatic rings. The molecule has 0 aliphatic carbocycles. The highest BCUT2D eigenvalue weighted by Crippen LogP contribution is 2.24. The van der Waals surface area contributed by atoms with Gasteiger partial charge in [0, 0.05) is 30.8 Å². The average Bonchev–Trinajstić information content (AvgIpc) is 2.78. The van der Waals surface area contributed by atoms with Crippen LogP contribution in [-0.4, -0.2) is 46.7 Å². The second-order valence-corrected chi connectivity index (χ2v) is 8.87. The Hall–Kier alpha value is -2.28. The van der Waals surface area contributed by atoms with E-state index in [1.54, 1.807) is 0 Å². The molecular weight excluding hydrogens is 410 g/mol. The van der Waals surface area contributed by atoms with Gasteiger partial charge in [-0.25, -0.2) is 4.98 Å². The number of benzene rings is 1. The summed E-state index contributed by atoms with van der Waals surface area (Å²) in [5.74, 6) is 1.72. The van der Waals surface area contributed by atoms with Crippen molar-refractivity contribution in [3.05, 3.63) is 51.4 Å². The maximum atomic E-state index is 12.7. The second kappa shape index (κ2) is 11.4. The van der Waals surface area contributed by atoms with E-state index >= 15 is 0 Å². The van der Waals surface area contributed by atoms with Crippen molar-refractivity contribution in [2.75, 3.05) is 26.0 Å². The molecule has 0 spiro atoms. The highest BCUT2D eigenvalue weighted by molar-refractivity contribution is 7.98. The SMILES string of the molecule is CCOc1ccc(CCC2CCN(C(=O)CCc3c(C)nc(SC)[nH]c3=O)CC2)cc1. The van der Waals surface area contributed by atoms with Crippen LogP contribution in [0.25, 0.3) is 0 Å². The quantitative estimate of drug-likeness (QED) is 0.468. The minimum atomic E-state index is -0.127. The van der Waals surface area contributed by atoms with E-state index in [9.17, 15) is 9.59 Å². The number of aromatic amines is 1. The summed E-state index contributed by atoms with van der Waals surface area (Å²) in [7, 11) is 0. The molecule has 168 valence electrons. The van der Waals surface area contributed by atoms with Gasteiger partial charge in [0.25, 0.3) is 5.56 Å². The van der Waals surface area contributed by atoms with Gasteiger partial charge < -0.3 is 14.6 Å². The zero-order valence-corrected chi connectivity index (χ0v) is 19.6. The van der Waals surface area contributed by atoms with Crippen molar-refractivity contribution in [2.24, 2.45) is 5.92 Å². The Morgan fingerprint density at radius 1 is 1.23 bits per heavy atom. The van der Waals surface area contributed by atoms with Crippen LogP contribution < -0.4 is 10.3 Å². The number of hydrogen-bond acceptors (Lipinski definition) is 5. The summed E-state index contributed by atoms with van der Waals surface area (Å²) in [6.07, 6.45) is 6.99.